The molecule has 1 spiro atoms. The van der Waals surface area contributed by atoms with Crippen LogP contribution in [0.15, 0.2) is 35.6 Å². The molecule has 0 saturated carbocycles. The molecule has 0 aliphatic carbocycles. The zero-order valence-electron chi connectivity index (χ0n) is 19.4. The summed E-state index contributed by atoms with van der Waals surface area (Å²) in [6.07, 6.45) is 0.522. The molecule has 0 N–H and O–H groups in total. The molecule has 0 aromatic rings. The van der Waals surface area contributed by atoms with Gasteiger partial charge in [-0.3, -0.25) is 0 Å². The summed E-state index contributed by atoms with van der Waals surface area (Å²) in [7, 11) is 0. The number of nitriles is 1. The van der Waals surface area contributed by atoms with Crippen molar-refractivity contribution >= 4 is 17.9 Å². The van der Waals surface area contributed by atoms with Gasteiger partial charge in [-0.2, -0.15) is 5.26 Å². The van der Waals surface area contributed by atoms with E-state index in [9.17, 15) is 14.4 Å². The van der Waals surface area contributed by atoms with E-state index in [0.717, 1.165) is 0 Å². The number of hydrogen-bond acceptors (Lipinski definition) is 11. The van der Waals surface area contributed by atoms with Crippen molar-refractivity contribution in [3.05, 3.63) is 35.6 Å². The summed E-state index contributed by atoms with van der Waals surface area (Å²) >= 11 is 0. The first kappa shape index (κ1) is 27.0. The minimum absolute atomic E-state index is 0.0473. The lowest BCUT2D eigenvalue weighted by atomic mass is 9.94. The second-order valence-corrected chi connectivity index (χ2v) is 7.65. The Bertz CT molecular complexity index is 881. The first-order chi connectivity index (χ1) is 16.2. The third kappa shape index (κ3) is 7.41. The van der Waals surface area contributed by atoms with Crippen LogP contribution in [0.3, 0.4) is 0 Å². The summed E-state index contributed by atoms with van der Waals surface area (Å²) in [5.74, 6) is -3.58. The maximum Gasteiger partial charge on any atom is 0.391 e. The number of hydrogen-bond donors (Lipinski definition) is 0. The first-order valence-electron chi connectivity index (χ1n) is 10.8. The van der Waals surface area contributed by atoms with Crippen LogP contribution in [0.1, 0.15) is 46.0 Å². The van der Waals surface area contributed by atoms with Gasteiger partial charge in [0.15, 0.2) is 6.29 Å². The van der Waals surface area contributed by atoms with E-state index in [0.29, 0.717) is 25.9 Å². The molecular formula is C23H29NO10. The van der Waals surface area contributed by atoms with Crippen molar-refractivity contribution in [3.8, 4) is 6.07 Å². The fraction of sp³-hybridized carbons (Fsp3) is 0.565. The molecule has 0 aromatic carbocycles. The van der Waals surface area contributed by atoms with Crippen LogP contribution < -0.4 is 0 Å². The van der Waals surface area contributed by atoms with Crippen molar-refractivity contribution in [2.75, 3.05) is 26.4 Å². The topological polar surface area (TPSA) is 140 Å². The number of carbonyl (C=O) groups is 3. The summed E-state index contributed by atoms with van der Waals surface area (Å²) in [6, 6.07) is 1.97. The normalized spacial score (nSPS) is 19.9. The summed E-state index contributed by atoms with van der Waals surface area (Å²) in [6.45, 7) is 10.6. The zero-order chi connectivity index (χ0) is 25.1. The first-order valence-corrected chi connectivity index (χ1v) is 10.8. The van der Waals surface area contributed by atoms with Gasteiger partial charge in [0.2, 0.25) is 5.79 Å². The number of esters is 1. The summed E-state index contributed by atoms with van der Waals surface area (Å²) < 4.78 is 27.9. The molecular weight excluding hydrogens is 450 g/mol. The molecule has 2 heterocycles. The SMILES string of the molecule is C=C(C)C(=O)OCCCC(OCCC#N)OC1=C(C(=O)OOC(=O)C(=C)C)C2(CCO2)OCC1. The molecule has 11 nitrogen and oxygen atoms in total. The van der Waals surface area contributed by atoms with Crippen LogP contribution in [0.2, 0.25) is 0 Å². The predicted octanol–water partition coefficient (Wildman–Crippen LogP) is 2.53. The van der Waals surface area contributed by atoms with E-state index >= 15 is 0 Å². The van der Waals surface area contributed by atoms with Gasteiger partial charge in [-0.25, -0.2) is 24.2 Å². The van der Waals surface area contributed by atoms with Crippen molar-refractivity contribution in [2.45, 2.75) is 58.0 Å². The number of ether oxygens (including phenoxy) is 5. The van der Waals surface area contributed by atoms with Crippen molar-refractivity contribution < 1.29 is 47.8 Å². The second kappa shape index (κ2) is 12.9. The Labute approximate surface area is 197 Å². The van der Waals surface area contributed by atoms with E-state index in [1.165, 1.54) is 6.92 Å². The van der Waals surface area contributed by atoms with Crippen LogP contribution >= 0.6 is 0 Å². The van der Waals surface area contributed by atoms with Crippen LogP contribution in [0, 0.1) is 11.3 Å². The van der Waals surface area contributed by atoms with Gasteiger partial charge in [0.1, 0.15) is 11.3 Å². The average molecular weight is 479 g/mol. The highest BCUT2D eigenvalue weighted by Gasteiger charge is 2.52. The second-order valence-electron chi connectivity index (χ2n) is 7.65. The van der Waals surface area contributed by atoms with Crippen molar-refractivity contribution in [2.24, 2.45) is 0 Å². The Morgan fingerprint density at radius 1 is 1.09 bits per heavy atom. The van der Waals surface area contributed by atoms with Crippen LogP contribution in [0.25, 0.3) is 0 Å². The fourth-order valence-corrected chi connectivity index (χ4v) is 3.00. The molecule has 2 rings (SSSR count). The van der Waals surface area contributed by atoms with E-state index in [4.69, 9.17) is 33.8 Å². The zero-order valence-corrected chi connectivity index (χ0v) is 19.4. The van der Waals surface area contributed by atoms with E-state index in [2.05, 4.69) is 18.0 Å². The molecule has 186 valence electrons. The standard InChI is InChI=1S/C23H29NO10/c1-15(2)20(25)29-11-5-7-18(28-12-6-10-24)32-17-8-13-30-23(9-14-31-23)19(17)22(27)34-33-21(26)16(3)4/h18H,1,3,5-9,11-14H2,2,4H3. The van der Waals surface area contributed by atoms with Crippen LogP contribution in [0.5, 0.6) is 0 Å². The number of carbonyl (C=O) groups excluding carboxylic acids is 3. The third-order valence-electron chi connectivity index (χ3n) is 4.79. The predicted molar refractivity (Wildman–Crippen MR) is 114 cm³/mol. The van der Waals surface area contributed by atoms with Gasteiger partial charge >= 0.3 is 17.9 Å². The van der Waals surface area contributed by atoms with Gasteiger partial charge in [-0.05, 0) is 20.3 Å². The van der Waals surface area contributed by atoms with E-state index < -0.39 is 30.0 Å². The molecule has 11 heteroatoms. The molecule has 1 fully saturated rings. The Morgan fingerprint density at radius 3 is 2.35 bits per heavy atom. The quantitative estimate of drug-likeness (QED) is 0.102. The summed E-state index contributed by atoms with van der Waals surface area (Å²) in [5.41, 5.74) is 0.264. The van der Waals surface area contributed by atoms with Crippen molar-refractivity contribution in [1.82, 2.24) is 0 Å². The smallest absolute Gasteiger partial charge is 0.391 e. The lowest BCUT2D eigenvalue weighted by Crippen LogP contribution is -2.53. The Balaban J connectivity index is 2.14. The maximum atomic E-state index is 12.8. The molecule has 0 radical (unpaired) electrons. The molecule has 2 aliphatic rings. The summed E-state index contributed by atoms with van der Waals surface area (Å²) in [5, 5.41) is 8.81. The molecule has 0 amide bonds. The third-order valence-corrected chi connectivity index (χ3v) is 4.79. The lowest BCUT2D eigenvalue weighted by molar-refractivity contribution is -0.300. The largest absolute Gasteiger partial charge is 0.468 e. The van der Waals surface area contributed by atoms with Gasteiger partial charge < -0.3 is 23.7 Å². The highest BCUT2D eigenvalue weighted by atomic mass is 17.2. The van der Waals surface area contributed by atoms with Gasteiger partial charge in [0.05, 0.1) is 38.9 Å². The molecule has 0 bridgehead atoms. The van der Waals surface area contributed by atoms with E-state index in [-0.39, 0.29) is 55.1 Å². The molecule has 2 aliphatic heterocycles. The highest BCUT2D eigenvalue weighted by molar-refractivity contribution is 5.92. The van der Waals surface area contributed by atoms with Crippen molar-refractivity contribution in [1.29, 1.82) is 5.26 Å². The fourth-order valence-electron chi connectivity index (χ4n) is 3.00. The van der Waals surface area contributed by atoms with Crippen molar-refractivity contribution in [3.63, 3.8) is 0 Å². The molecule has 0 aromatic heterocycles. The van der Waals surface area contributed by atoms with Gasteiger partial charge in [-0.15, -0.1) is 0 Å². The van der Waals surface area contributed by atoms with Crippen LogP contribution in [-0.2, 0) is 47.8 Å². The van der Waals surface area contributed by atoms with Crippen LogP contribution in [-0.4, -0.2) is 56.4 Å². The minimum Gasteiger partial charge on any atom is -0.468 e. The van der Waals surface area contributed by atoms with E-state index in [1.54, 1.807) is 6.92 Å². The van der Waals surface area contributed by atoms with Gasteiger partial charge in [0, 0.05) is 30.4 Å². The number of rotatable bonds is 12. The van der Waals surface area contributed by atoms with Gasteiger partial charge in [-0.1, -0.05) is 13.2 Å². The minimum atomic E-state index is -1.37. The monoisotopic (exact) mass is 479 g/mol. The highest BCUT2D eigenvalue weighted by Crippen LogP contribution is 2.42. The number of nitrogens with zero attached hydrogens (tertiary/aromatic N) is 1. The van der Waals surface area contributed by atoms with Gasteiger partial charge in [0.25, 0.3) is 0 Å². The van der Waals surface area contributed by atoms with Crippen LogP contribution in [0.4, 0.5) is 0 Å². The Morgan fingerprint density at radius 2 is 1.76 bits per heavy atom. The molecule has 1 saturated heterocycles. The average Bonchev–Trinajstić information content (AvgIpc) is 2.78. The van der Waals surface area contributed by atoms with E-state index in [1.807, 2.05) is 6.07 Å². The Kier molecular flexibility index (Phi) is 10.2. The molecule has 34 heavy (non-hydrogen) atoms. The maximum absolute atomic E-state index is 12.8. The lowest BCUT2D eigenvalue weighted by Gasteiger charge is -2.44. The molecule has 2 atom stereocenters. The summed E-state index contributed by atoms with van der Waals surface area (Å²) in [4.78, 5) is 45.2. The Hall–Kier alpha value is -3.20. The molecule has 2 unspecified atom stereocenters.